The average molecular weight is 372 g/mol. The molecule has 0 aliphatic rings. The van der Waals surface area contributed by atoms with Gasteiger partial charge in [-0.1, -0.05) is 12.2 Å². The molecule has 0 saturated carbocycles. The SMILES string of the molecule is C=CCn1c(=O)n(CC=C)c(=O)n(CC(O)CS(=O)CC(N)=O)c1=O. The fraction of sp³-hybridized carbons (Fsp3) is 0.429. The lowest BCUT2D eigenvalue weighted by Gasteiger charge is -2.15. The van der Waals surface area contributed by atoms with Crippen molar-refractivity contribution in [3.8, 4) is 0 Å². The van der Waals surface area contributed by atoms with Gasteiger partial charge in [0.15, 0.2) is 0 Å². The van der Waals surface area contributed by atoms with Gasteiger partial charge in [-0.3, -0.25) is 9.00 Å². The average Bonchev–Trinajstić information content (AvgIpc) is 2.51. The Bertz CT molecular complexity index is 817. The summed E-state index contributed by atoms with van der Waals surface area (Å²) in [6.45, 7) is 6.15. The summed E-state index contributed by atoms with van der Waals surface area (Å²) in [4.78, 5) is 47.6. The van der Waals surface area contributed by atoms with E-state index in [1.807, 2.05) is 0 Å². The van der Waals surface area contributed by atoms with Crippen molar-refractivity contribution in [2.24, 2.45) is 5.73 Å². The first-order valence-electron chi connectivity index (χ1n) is 7.20. The van der Waals surface area contributed by atoms with Crippen LogP contribution < -0.4 is 22.8 Å². The van der Waals surface area contributed by atoms with E-state index >= 15 is 0 Å². The van der Waals surface area contributed by atoms with Crippen molar-refractivity contribution >= 4 is 16.7 Å². The smallest absolute Gasteiger partial charge is 0.336 e. The maximum atomic E-state index is 12.3. The third-order valence-electron chi connectivity index (χ3n) is 3.08. The quantitative estimate of drug-likeness (QED) is 0.422. The van der Waals surface area contributed by atoms with Crippen molar-refractivity contribution < 1.29 is 14.1 Å². The van der Waals surface area contributed by atoms with Crippen molar-refractivity contribution in [2.75, 3.05) is 11.5 Å². The van der Waals surface area contributed by atoms with Crippen molar-refractivity contribution in [3.63, 3.8) is 0 Å². The monoisotopic (exact) mass is 372 g/mol. The predicted molar refractivity (Wildman–Crippen MR) is 92.7 cm³/mol. The Morgan fingerprint density at radius 1 is 1.08 bits per heavy atom. The van der Waals surface area contributed by atoms with Gasteiger partial charge in [0, 0.05) is 10.8 Å². The molecule has 0 aliphatic heterocycles. The van der Waals surface area contributed by atoms with E-state index in [0.29, 0.717) is 4.57 Å². The number of aromatic nitrogens is 3. The maximum absolute atomic E-state index is 12.3. The van der Waals surface area contributed by atoms with Crippen LogP contribution in [0.1, 0.15) is 0 Å². The van der Waals surface area contributed by atoms with Crippen LogP contribution in [0.15, 0.2) is 39.7 Å². The number of carbonyl (C=O) groups is 1. The lowest BCUT2D eigenvalue weighted by molar-refractivity contribution is -0.115. The third-order valence-corrected chi connectivity index (χ3v) is 4.45. The zero-order chi connectivity index (χ0) is 19.1. The largest absolute Gasteiger partial charge is 0.390 e. The number of primary amides is 1. The molecular weight excluding hydrogens is 352 g/mol. The lowest BCUT2D eigenvalue weighted by Crippen LogP contribution is -2.55. The van der Waals surface area contributed by atoms with E-state index in [1.165, 1.54) is 12.2 Å². The van der Waals surface area contributed by atoms with Crippen molar-refractivity contribution in [3.05, 3.63) is 56.8 Å². The fourth-order valence-corrected chi connectivity index (χ4v) is 3.07. The Hall–Kier alpha value is -2.53. The molecule has 1 aromatic rings. The molecule has 0 spiro atoms. The van der Waals surface area contributed by atoms with E-state index in [9.17, 15) is 28.5 Å². The highest BCUT2D eigenvalue weighted by atomic mass is 32.2. The van der Waals surface area contributed by atoms with Gasteiger partial charge in [0.2, 0.25) is 5.91 Å². The van der Waals surface area contributed by atoms with Gasteiger partial charge in [0.1, 0.15) is 5.75 Å². The Morgan fingerprint density at radius 2 is 1.52 bits per heavy atom. The molecule has 0 aliphatic carbocycles. The molecule has 10 nitrogen and oxygen atoms in total. The van der Waals surface area contributed by atoms with Gasteiger partial charge < -0.3 is 10.8 Å². The van der Waals surface area contributed by atoms with Crippen LogP contribution in [0.5, 0.6) is 0 Å². The van der Waals surface area contributed by atoms with Crippen LogP contribution in [-0.4, -0.2) is 46.5 Å². The highest BCUT2D eigenvalue weighted by Crippen LogP contribution is 1.92. The summed E-state index contributed by atoms with van der Waals surface area (Å²) in [6.07, 6.45) is 1.28. The summed E-state index contributed by atoms with van der Waals surface area (Å²) in [5.74, 6) is -1.59. The minimum absolute atomic E-state index is 0.126. The van der Waals surface area contributed by atoms with E-state index in [-0.39, 0.29) is 18.8 Å². The standard InChI is InChI=1S/C14H20N4O6S/c1-3-5-16-12(21)17(6-4-2)14(23)18(13(16)22)7-10(19)8-25(24)9-11(15)20/h3-4,10,19H,1-2,5-9H2,(H2,15,20). The van der Waals surface area contributed by atoms with Crippen LogP contribution in [0, 0.1) is 0 Å². The second-order valence-electron chi connectivity index (χ2n) is 5.13. The van der Waals surface area contributed by atoms with Crippen LogP contribution in [0.3, 0.4) is 0 Å². The van der Waals surface area contributed by atoms with Crippen molar-refractivity contribution in [1.82, 2.24) is 13.7 Å². The molecule has 11 heteroatoms. The van der Waals surface area contributed by atoms with Crippen molar-refractivity contribution in [2.45, 2.75) is 25.7 Å². The van der Waals surface area contributed by atoms with Gasteiger partial charge in [-0.2, -0.15) is 0 Å². The number of amides is 1. The lowest BCUT2D eigenvalue weighted by atomic mass is 10.4. The van der Waals surface area contributed by atoms with Crippen LogP contribution in [0.25, 0.3) is 0 Å². The van der Waals surface area contributed by atoms with Gasteiger partial charge in [-0.15, -0.1) is 13.2 Å². The molecule has 0 aromatic carbocycles. The van der Waals surface area contributed by atoms with E-state index < -0.39 is 52.2 Å². The summed E-state index contributed by atoms with van der Waals surface area (Å²) < 4.78 is 13.8. The number of carbonyl (C=O) groups excluding carboxylic acids is 1. The number of hydrogen-bond donors (Lipinski definition) is 2. The highest BCUT2D eigenvalue weighted by Gasteiger charge is 2.18. The van der Waals surface area contributed by atoms with Gasteiger partial charge in [-0.05, 0) is 0 Å². The molecule has 2 unspecified atom stereocenters. The molecule has 0 fully saturated rings. The molecule has 25 heavy (non-hydrogen) atoms. The van der Waals surface area contributed by atoms with Crippen LogP contribution >= 0.6 is 0 Å². The summed E-state index contributed by atoms with van der Waals surface area (Å²) >= 11 is 0. The Kier molecular flexibility index (Phi) is 7.45. The predicted octanol–water partition coefficient (Wildman–Crippen LogP) is -2.86. The minimum atomic E-state index is -1.74. The van der Waals surface area contributed by atoms with Crippen LogP contribution in [0.4, 0.5) is 0 Å². The summed E-state index contributed by atoms with van der Waals surface area (Å²) in [5.41, 5.74) is 2.25. The number of rotatable bonds is 10. The number of aliphatic hydroxyl groups is 1. The molecule has 0 radical (unpaired) electrons. The van der Waals surface area contributed by atoms with Gasteiger partial charge >= 0.3 is 17.1 Å². The van der Waals surface area contributed by atoms with Gasteiger partial charge in [0.05, 0.1) is 31.5 Å². The third kappa shape index (κ3) is 5.22. The Morgan fingerprint density at radius 3 is 1.92 bits per heavy atom. The molecule has 0 bridgehead atoms. The van der Waals surface area contributed by atoms with E-state index in [1.54, 1.807) is 0 Å². The summed E-state index contributed by atoms with van der Waals surface area (Å²) in [7, 11) is -1.74. The van der Waals surface area contributed by atoms with Gasteiger partial charge in [-0.25, -0.2) is 28.1 Å². The number of nitrogens with two attached hydrogens (primary N) is 1. The molecule has 1 heterocycles. The summed E-state index contributed by atoms with van der Waals surface area (Å²) in [6, 6.07) is 0. The number of aliphatic hydroxyl groups excluding tert-OH is 1. The summed E-state index contributed by atoms with van der Waals surface area (Å²) in [5, 5.41) is 9.96. The molecule has 1 aromatic heterocycles. The molecule has 1 amide bonds. The molecule has 2 atom stereocenters. The Balaban J connectivity index is 3.28. The van der Waals surface area contributed by atoms with Crippen LogP contribution in [-0.2, 0) is 35.2 Å². The highest BCUT2D eigenvalue weighted by molar-refractivity contribution is 7.85. The molecule has 0 saturated heterocycles. The van der Waals surface area contributed by atoms with E-state index in [4.69, 9.17) is 5.73 Å². The first-order valence-corrected chi connectivity index (χ1v) is 8.69. The molecule has 138 valence electrons. The zero-order valence-corrected chi connectivity index (χ0v) is 14.3. The molecule has 1 rings (SSSR count). The second-order valence-corrected chi connectivity index (χ2v) is 6.63. The van der Waals surface area contributed by atoms with Gasteiger partial charge in [0.25, 0.3) is 0 Å². The zero-order valence-electron chi connectivity index (χ0n) is 13.5. The van der Waals surface area contributed by atoms with E-state index in [2.05, 4.69) is 13.2 Å². The second kappa shape index (κ2) is 9.08. The minimum Gasteiger partial charge on any atom is -0.390 e. The number of allylic oxidation sites excluding steroid dienone is 2. The first-order chi connectivity index (χ1) is 11.7. The topological polar surface area (TPSA) is 146 Å². The normalized spacial score (nSPS) is 13.2. The van der Waals surface area contributed by atoms with E-state index in [0.717, 1.165) is 9.13 Å². The van der Waals surface area contributed by atoms with Crippen LogP contribution in [0.2, 0.25) is 0 Å². The molecule has 3 N–H and O–H groups in total. The molecular formula is C14H20N4O6S. The number of hydrogen-bond acceptors (Lipinski definition) is 6. The fourth-order valence-electron chi connectivity index (χ4n) is 2.10. The Labute approximate surface area is 145 Å². The first kappa shape index (κ1) is 20.5. The number of nitrogens with zero attached hydrogens (tertiary/aromatic N) is 3. The van der Waals surface area contributed by atoms with Crippen molar-refractivity contribution in [1.29, 1.82) is 0 Å². The maximum Gasteiger partial charge on any atom is 0.336 e.